The van der Waals surface area contributed by atoms with E-state index in [4.69, 9.17) is 11.6 Å². The number of anilines is 1. The van der Waals surface area contributed by atoms with Crippen LogP contribution in [0, 0.1) is 0 Å². The fourth-order valence-electron chi connectivity index (χ4n) is 2.08. The van der Waals surface area contributed by atoms with Crippen molar-refractivity contribution in [3.8, 4) is 0 Å². The van der Waals surface area contributed by atoms with E-state index in [1.807, 2.05) is 30.3 Å². The lowest BCUT2D eigenvalue weighted by Gasteiger charge is -2.09. The van der Waals surface area contributed by atoms with E-state index in [1.54, 1.807) is 24.4 Å². The lowest BCUT2D eigenvalue weighted by molar-refractivity contribution is 0.102. The first-order chi connectivity index (χ1) is 10.1. The topological polar surface area (TPSA) is 42.0 Å². The third-order valence-corrected chi connectivity index (χ3v) is 3.99. The monoisotopic (exact) mass is 360 g/mol. The number of amides is 1. The van der Waals surface area contributed by atoms with Crippen molar-refractivity contribution in [1.29, 1.82) is 0 Å². The second-order valence-electron chi connectivity index (χ2n) is 4.46. The van der Waals surface area contributed by atoms with E-state index >= 15 is 0 Å². The molecule has 0 aliphatic heterocycles. The highest BCUT2D eigenvalue weighted by atomic mass is 79.9. The van der Waals surface area contributed by atoms with Gasteiger partial charge in [-0.05, 0) is 45.6 Å². The van der Waals surface area contributed by atoms with Gasteiger partial charge in [0, 0.05) is 21.1 Å². The normalized spacial score (nSPS) is 10.6. The SMILES string of the molecule is O=C(Nc1cc(Cl)ccc1Br)c1nccc2ccccc12. The van der Waals surface area contributed by atoms with Gasteiger partial charge in [-0.3, -0.25) is 9.78 Å². The van der Waals surface area contributed by atoms with Crippen molar-refractivity contribution in [2.75, 3.05) is 5.32 Å². The number of carbonyl (C=O) groups excluding carboxylic acids is 1. The summed E-state index contributed by atoms with van der Waals surface area (Å²) < 4.78 is 0.764. The smallest absolute Gasteiger partial charge is 0.274 e. The Kier molecular flexibility index (Phi) is 3.90. The number of benzene rings is 2. The fraction of sp³-hybridized carbons (Fsp3) is 0. The van der Waals surface area contributed by atoms with Gasteiger partial charge in [0.15, 0.2) is 0 Å². The summed E-state index contributed by atoms with van der Waals surface area (Å²) in [7, 11) is 0. The van der Waals surface area contributed by atoms with Gasteiger partial charge < -0.3 is 5.32 Å². The standard InChI is InChI=1S/C16H10BrClN2O/c17-13-6-5-11(18)9-14(13)20-16(21)15-12-4-2-1-3-10(12)7-8-19-15/h1-9H,(H,20,21). The molecule has 1 aromatic heterocycles. The highest BCUT2D eigenvalue weighted by Crippen LogP contribution is 2.27. The number of nitrogens with one attached hydrogen (secondary N) is 1. The Bertz CT molecular complexity index is 830. The maximum atomic E-state index is 12.5. The number of fused-ring (bicyclic) bond motifs is 1. The van der Waals surface area contributed by atoms with E-state index in [-0.39, 0.29) is 5.91 Å². The number of hydrogen-bond acceptors (Lipinski definition) is 2. The van der Waals surface area contributed by atoms with Crippen LogP contribution in [0.25, 0.3) is 10.8 Å². The predicted molar refractivity (Wildman–Crippen MR) is 88.8 cm³/mol. The maximum absolute atomic E-state index is 12.5. The minimum absolute atomic E-state index is 0.269. The molecule has 3 aromatic rings. The number of aromatic nitrogens is 1. The summed E-state index contributed by atoms with van der Waals surface area (Å²) in [5.41, 5.74) is 1.00. The van der Waals surface area contributed by atoms with Gasteiger partial charge in [-0.25, -0.2) is 0 Å². The molecular weight excluding hydrogens is 352 g/mol. The number of halogens is 2. The Labute approximate surface area is 135 Å². The summed E-state index contributed by atoms with van der Waals surface area (Å²) in [5.74, 6) is -0.269. The first kappa shape index (κ1) is 14.0. The zero-order valence-electron chi connectivity index (χ0n) is 10.8. The molecule has 3 nitrogen and oxygen atoms in total. The highest BCUT2D eigenvalue weighted by molar-refractivity contribution is 9.10. The van der Waals surface area contributed by atoms with Crippen LogP contribution >= 0.6 is 27.5 Å². The predicted octanol–water partition coefficient (Wildman–Crippen LogP) is 4.90. The Hall–Kier alpha value is -1.91. The molecule has 0 aliphatic carbocycles. The average Bonchev–Trinajstić information content (AvgIpc) is 2.50. The van der Waals surface area contributed by atoms with Crippen molar-refractivity contribution >= 4 is 49.9 Å². The largest absolute Gasteiger partial charge is 0.320 e. The Morgan fingerprint density at radius 2 is 1.95 bits per heavy atom. The van der Waals surface area contributed by atoms with Crippen LogP contribution in [0.15, 0.2) is 59.2 Å². The van der Waals surface area contributed by atoms with E-state index in [2.05, 4.69) is 26.2 Å². The molecule has 1 N–H and O–H groups in total. The van der Waals surface area contributed by atoms with Crippen molar-refractivity contribution in [2.45, 2.75) is 0 Å². The van der Waals surface area contributed by atoms with Gasteiger partial charge in [0.2, 0.25) is 0 Å². The van der Waals surface area contributed by atoms with E-state index in [0.717, 1.165) is 15.2 Å². The second kappa shape index (κ2) is 5.84. The zero-order valence-corrected chi connectivity index (χ0v) is 13.1. The molecule has 1 heterocycles. The quantitative estimate of drug-likeness (QED) is 0.705. The van der Waals surface area contributed by atoms with Crippen LogP contribution in [0.1, 0.15) is 10.5 Å². The van der Waals surface area contributed by atoms with Crippen molar-refractivity contribution in [1.82, 2.24) is 4.98 Å². The van der Waals surface area contributed by atoms with Crippen LogP contribution in [0.2, 0.25) is 5.02 Å². The van der Waals surface area contributed by atoms with E-state index in [1.165, 1.54) is 0 Å². The molecule has 0 atom stereocenters. The zero-order chi connectivity index (χ0) is 14.8. The molecule has 1 amide bonds. The number of nitrogens with zero attached hydrogens (tertiary/aromatic N) is 1. The minimum Gasteiger partial charge on any atom is -0.320 e. The van der Waals surface area contributed by atoms with Crippen LogP contribution in [0.5, 0.6) is 0 Å². The van der Waals surface area contributed by atoms with Gasteiger partial charge in [0.1, 0.15) is 5.69 Å². The summed E-state index contributed by atoms with van der Waals surface area (Å²) in [4.78, 5) is 16.6. The molecule has 0 fully saturated rings. The van der Waals surface area contributed by atoms with Gasteiger partial charge in [0.25, 0.3) is 5.91 Å². The summed E-state index contributed by atoms with van der Waals surface area (Å²) in [6.45, 7) is 0. The molecule has 5 heteroatoms. The maximum Gasteiger partial charge on any atom is 0.274 e. The van der Waals surface area contributed by atoms with Gasteiger partial charge in [-0.1, -0.05) is 35.9 Å². The summed E-state index contributed by atoms with van der Waals surface area (Å²) in [5, 5.41) is 5.17. The average molecular weight is 362 g/mol. The first-order valence-electron chi connectivity index (χ1n) is 6.25. The third kappa shape index (κ3) is 2.91. The molecule has 0 saturated heterocycles. The van der Waals surface area contributed by atoms with E-state index in [0.29, 0.717) is 16.4 Å². The molecule has 0 spiro atoms. The van der Waals surface area contributed by atoms with Crippen LogP contribution in [0.3, 0.4) is 0 Å². The molecule has 2 aromatic carbocycles. The Balaban J connectivity index is 1.99. The molecule has 0 radical (unpaired) electrons. The van der Waals surface area contributed by atoms with Gasteiger partial charge >= 0.3 is 0 Å². The summed E-state index contributed by atoms with van der Waals surface area (Å²) >= 11 is 9.34. The molecule has 104 valence electrons. The molecular formula is C16H10BrClN2O. The Morgan fingerprint density at radius 1 is 1.14 bits per heavy atom. The molecule has 0 bridgehead atoms. The minimum atomic E-state index is -0.269. The van der Waals surface area contributed by atoms with Crippen LogP contribution < -0.4 is 5.32 Å². The number of rotatable bonds is 2. The first-order valence-corrected chi connectivity index (χ1v) is 7.42. The highest BCUT2D eigenvalue weighted by Gasteiger charge is 2.13. The number of carbonyl (C=O) groups is 1. The van der Waals surface area contributed by atoms with Gasteiger partial charge in [0.05, 0.1) is 5.69 Å². The number of pyridine rings is 1. The second-order valence-corrected chi connectivity index (χ2v) is 5.75. The molecule has 0 unspecified atom stereocenters. The van der Waals surface area contributed by atoms with Crippen molar-refractivity contribution in [3.63, 3.8) is 0 Å². The molecule has 0 aliphatic rings. The van der Waals surface area contributed by atoms with Crippen molar-refractivity contribution < 1.29 is 4.79 Å². The molecule has 21 heavy (non-hydrogen) atoms. The van der Waals surface area contributed by atoms with Gasteiger partial charge in [-0.2, -0.15) is 0 Å². The van der Waals surface area contributed by atoms with Crippen LogP contribution in [-0.2, 0) is 0 Å². The van der Waals surface area contributed by atoms with Crippen LogP contribution in [0.4, 0.5) is 5.69 Å². The van der Waals surface area contributed by atoms with Crippen LogP contribution in [-0.4, -0.2) is 10.9 Å². The van der Waals surface area contributed by atoms with E-state index < -0.39 is 0 Å². The van der Waals surface area contributed by atoms with Gasteiger partial charge in [-0.15, -0.1) is 0 Å². The summed E-state index contributed by atoms with van der Waals surface area (Å²) in [6, 6.07) is 14.7. The van der Waals surface area contributed by atoms with Crippen molar-refractivity contribution in [3.05, 3.63) is 69.9 Å². The summed E-state index contributed by atoms with van der Waals surface area (Å²) in [6.07, 6.45) is 1.63. The fourth-order valence-corrected chi connectivity index (χ4v) is 2.59. The van der Waals surface area contributed by atoms with Crippen molar-refractivity contribution in [2.24, 2.45) is 0 Å². The van der Waals surface area contributed by atoms with E-state index in [9.17, 15) is 4.79 Å². The third-order valence-electron chi connectivity index (χ3n) is 3.07. The lowest BCUT2D eigenvalue weighted by Crippen LogP contribution is -2.14. The number of hydrogen-bond donors (Lipinski definition) is 1. The molecule has 3 rings (SSSR count). The lowest BCUT2D eigenvalue weighted by atomic mass is 10.1. The Morgan fingerprint density at radius 3 is 2.81 bits per heavy atom. The molecule has 0 saturated carbocycles.